The van der Waals surface area contributed by atoms with Crippen LogP contribution in [0.15, 0.2) is 41.4 Å². The van der Waals surface area contributed by atoms with Crippen LogP contribution in [0.3, 0.4) is 0 Å². The van der Waals surface area contributed by atoms with Crippen LogP contribution in [0.25, 0.3) is 0 Å². The molecule has 0 spiro atoms. The smallest absolute Gasteiger partial charge is 0.352 e. The quantitative estimate of drug-likeness (QED) is 0.787. The second-order valence-electron chi connectivity index (χ2n) is 4.75. The lowest BCUT2D eigenvalue weighted by molar-refractivity contribution is 0.0691. The summed E-state index contributed by atoms with van der Waals surface area (Å²) in [6, 6.07) is 8.15. The Kier molecular flexibility index (Phi) is 4.15. The number of hydrogen-bond acceptors (Lipinski definition) is 3. The van der Waals surface area contributed by atoms with Crippen LogP contribution in [0.2, 0.25) is 0 Å². The zero-order valence-electron chi connectivity index (χ0n) is 11.6. The van der Waals surface area contributed by atoms with Crippen molar-refractivity contribution in [2.24, 2.45) is 0 Å². The molecule has 1 aromatic carbocycles. The number of benzene rings is 1. The van der Waals surface area contributed by atoms with Gasteiger partial charge in [-0.25, -0.2) is 17.9 Å². The molecule has 0 saturated carbocycles. The van der Waals surface area contributed by atoms with Crippen LogP contribution in [-0.2, 0) is 10.0 Å². The predicted octanol–water partition coefficient (Wildman–Crippen LogP) is 2.06. The minimum Gasteiger partial charge on any atom is -0.477 e. The van der Waals surface area contributed by atoms with Crippen molar-refractivity contribution in [1.29, 1.82) is 0 Å². The molecule has 0 aliphatic heterocycles. The number of hydrogen-bond donors (Lipinski definition) is 3. The number of nitrogens with one attached hydrogen (secondary N) is 2. The molecule has 0 aliphatic carbocycles. The van der Waals surface area contributed by atoms with E-state index < -0.39 is 22.0 Å². The molecule has 6 nitrogen and oxygen atoms in total. The minimum atomic E-state index is -3.78. The Morgan fingerprint density at radius 1 is 1.33 bits per heavy atom. The first-order valence-corrected chi connectivity index (χ1v) is 7.79. The molecule has 0 fully saturated rings. The zero-order chi connectivity index (χ0) is 15.6. The Morgan fingerprint density at radius 3 is 2.57 bits per heavy atom. The minimum absolute atomic E-state index is 0.0969. The molecule has 112 valence electrons. The highest BCUT2D eigenvalue weighted by Crippen LogP contribution is 2.20. The zero-order valence-corrected chi connectivity index (χ0v) is 12.4. The summed E-state index contributed by atoms with van der Waals surface area (Å²) in [6.45, 7) is 3.64. The van der Waals surface area contributed by atoms with E-state index in [1.807, 2.05) is 31.2 Å². The van der Waals surface area contributed by atoms with E-state index in [2.05, 4.69) is 9.71 Å². The monoisotopic (exact) mass is 308 g/mol. The van der Waals surface area contributed by atoms with Gasteiger partial charge < -0.3 is 10.1 Å². The maximum absolute atomic E-state index is 12.2. The van der Waals surface area contributed by atoms with Gasteiger partial charge in [0, 0.05) is 12.2 Å². The number of sulfonamides is 1. The molecule has 3 N–H and O–H groups in total. The van der Waals surface area contributed by atoms with Crippen LogP contribution in [0.1, 0.15) is 34.6 Å². The van der Waals surface area contributed by atoms with Gasteiger partial charge in [-0.15, -0.1) is 0 Å². The number of aromatic carboxylic acids is 1. The average molecular weight is 308 g/mol. The lowest BCUT2D eigenvalue weighted by Gasteiger charge is -2.16. The summed E-state index contributed by atoms with van der Waals surface area (Å²) >= 11 is 0. The molecule has 0 amide bonds. The van der Waals surface area contributed by atoms with Crippen LogP contribution < -0.4 is 4.72 Å². The fourth-order valence-electron chi connectivity index (χ4n) is 2.09. The Hall–Kier alpha value is -2.12. The van der Waals surface area contributed by atoms with Crippen LogP contribution in [0.4, 0.5) is 0 Å². The van der Waals surface area contributed by atoms with Crippen molar-refractivity contribution in [2.45, 2.75) is 24.8 Å². The van der Waals surface area contributed by atoms with Gasteiger partial charge in [0.2, 0.25) is 10.0 Å². The third kappa shape index (κ3) is 3.32. The molecule has 2 rings (SSSR count). The van der Waals surface area contributed by atoms with Crippen molar-refractivity contribution in [3.05, 3.63) is 53.3 Å². The van der Waals surface area contributed by atoms with E-state index in [4.69, 9.17) is 5.11 Å². The van der Waals surface area contributed by atoms with Gasteiger partial charge in [-0.3, -0.25) is 0 Å². The van der Waals surface area contributed by atoms with E-state index in [9.17, 15) is 13.2 Å². The molecule has 21 heavy (non-hydrogen) atoms. The first-order chi connectivity index (χ1) is 9.81. The van der Waals surface area contributed by atoms with Gasteiger partial charge in [0.05, 0.1) is 0 Å². The number of aryl methyl sites for hydroxylation is 1. The van der Waals surface area contributed by atoms with E-state index in [1.54, 1.807) is 6.92 Å². The van der Waals surface area contributed by atoms with Crippen LogP contribution in [0, 0.1) is 6.92 Å². The fraction of sp³-hybridized carbons (Fsp3) is 0.214. The molecule has 2 aromatic rings. The Bertz CT molecular complexity index is 765. The molecule has 0 bridgehead atoms. The first kappa shape index (κ1) is 15.3. The molecule has 0 radical (unpaired) electrons. The molecule has 1 aromatic heterocycles. The number of aromatic nitrogens is 1. The summed E-state index contributed by atoms with van der Waals surface area (Å²) in [5.74, 6) is -1.21. The summed E-state index contributed by atoms with van der Waals surface area (Å²) in [4.78, 5) is 13.1. The molecular formula is C14H16N2O4S. The van der Waals surface area contributed by atoms with Crippen molar-refractivity contribution in [1.82, 2.24) is 9.71 Å². The molecular weight excluding hydrogens is 292 g/mol. The van der Waals surface area contributed by atoms with Gasteiger partial charge in [0.25, 0.3) is 0 Å². The molecule has 1 unspecified atom stereocenters. The van der Waals surface area contributed by atoms with E-state index >= 15 is 0 Å². The van der Waals surface area contributed by atoms with Gasteiger partial charge in [0.1, 0.15) is 10.6 Å². The van der Waals surface area contributed by atoms with Gasteiger partial charge in [-0.05, 0) is 31.0 Å². The molecule has 1 atom stereocenters. The van der Waals surface area contributed by atoms with E-state index in [0.717, 1.165) is 23.4 Å². The van der Waals surface area contributed by atoms with Crippen molar-refractivity contribution in [3.8, 4) is 0 Å². The summed E-state index contributed by atoms with van der Waals surface area (Å²) in [5, 5.41) is 8.81. The van der Waals surface area contributed by atoms with E-state index in [-0.39, 0.29) is 10.6 Å². The second-order valence-corrected chi connectivity index (χ2v) is 6.47. The molecule has 0 aliphatic rings. The Labute approximate surface area is 122 Å². The van der Waals surface area contributed by atoms with E-state index in [0.29, 0.717) is 0 Å². The number of rotatable bonds is 5. The van der Waals surface area contributed by atoms with Crippen molar-refractivity contribution < 1.29 is 18.3 Å². The third-order valence-electron chi connectivity index (χ3n) is 3.18. The standard InChI is InChI=1S/C14H16N2O4S/c1-9-5-3-4-6-12(9)10(2)16-21(19,20)11-7-13(14(17)18)15-8-11/h3-8,10,15-16H,1-2H3,(H,17,18). The Balaban J connectivity index is 2.24. The number of carboxylic acid groups (broad SMARTS) is 1. The van der Waals surface area contributed by atoms with Gasteiger partial charge in [-0.1, -0.05) is 24.3 Å². The Morgan fingerprint density at radius 2 is 2.00 bits per heavy atom. The largest absolute Gasteiger partial charge is 0.477 e. The molecule has 7 heteroatoms. The highest BCUT2D eigenvalue weighted by molar-refractivity contribution is 7.89. The highest BCUT2D eigenvalue weighted by Gasteiger charge is 2.21. The fourth-order valence-corrected chi connectivity index (χ4v) is 3.31. The lowest BCUT2D eigenvalue weighted by Crippen LogP contribution is -2.27. The first-order valence-electron chi connectivity index (χ1n) is 6.31. The normalized spacial score (nSPS) is 13.0. The van der Waals surface area contributed by atoms with Crippen molar-refractivity contribution in [3.63, 3.8) is 0 Å². The van der Waals surface area contributed by atoms with Gasteiger partial charge in [0.15, 0.2) is 0 Å². The van der Waals surface area contributed by atoms with Crippen LogP contribution >= 0.6 is 0 Å². The number of carboxylic acids is 1. The second kappa shape index (κ2) is 5.71. The van der Waals surface area contributed by atoms with Crippen LogP contribution in [-0.4, -0.2) is 24.5 Å². The maximum Gasteiger partial charge on any atom is 0.352 e. The lowest BCUT2D eigenvalue weighted by atomic mass is 10.0. The maximum atomic E-state index is 12.2. The molecule has 0 saturated heterocycles. The van der Waals surface area contributed by atoms with E-state index in [1.165, 1.54) is 0 Å². The topological polar surface area (TPSA) is 99.3 Å². The van der Waals surface area contributed by atoms with Gasteiger partial charge >= 0.3 is 5.97 Å². The van der Waals surface area contributed by atoms with Crippen molar-refractivity contribution in [2.75, 3.05) is 0 Å². The predicted molar refractivity (Wildman–Crippen MR) is 77.7 cm³/mol. The van der Waals surface area contributed by atoms with Crippen LogP contribution in [0.5, 0.6) is 0 Å². The highest BCUT2D eigenvalue weighted by atomic mass is 32.2. The third-order valence-corrected chi connectivity index (χ3v) is 4.70. The average Bonchev–Trinajstić information content (AvgIpc) is 2.89. The summed E-state index contributed by atoms with van der Waals surface area (Å²) < 4.78 is 27.0. The SMILES string of the molecule is Cc1ccccc1C(C)NS(=O)(=O)c1c[nH]c(C(=O)O)c1. The number of H-pyrrole nitrogens is 1. The number of carbonyl (C=O) groups is 1. The summed E-state index contributed by atoms with van der Waals surface area (Å²) in [7, 11) is -3.78. The molecule has 1 heterocycles. The van der Waals surface area contributed by atoms with Gasteiger partial charge in [-0.2, -0.15) is 0 Å². The summed E-state index contributed by atoms with van der Waals surface area (Å²) in [5.41, 5.74) is 1.68. The number of aromatic amines is 1. The summed E-state index contributed by atoms with van der Waals surface area (Å²) in [6.07, 6.45) is 1.16. The van der Waals surface area contributed by atoms with Crippen molar-refractivity contribution >= 4 is 16.0 Å².